The van der Waals surface area contributed by atoms with Crippen LogP contribution in [0.3, 0.4) is 0 Å². The van der Waals surface area contributed by atoms with E-state index in [4.69, 9.17) is 11.6 Å². The average molecular weight is 322 g/mol. The first-order chi connectivity index (χ1) is 10.5. The number of methoxy groups -OCH3 is 1. The molecule has 0 bridgehead atoms. The van der Waals surface area contributed by atoms with Crippen LogP contribution in [-0.4, -0.2) is 35.5 Å². The molecule has 8 heteroatoms. The van der Waals surface area contributed by atoms with Crippen molar-refractivity contribution in [3.63, 3.8) is 0 Å². The normalized spacial score (nSPS) is 10.1. The Bertz CT molecular complexity index is 773. The van der Waals surface area contributed by atoms with Gasteiger partial charge in [-0.25, -0.2) is 4.98 Å². The average Bonchev–Trinajstić information content (AvgIpc) is 2.52. The molecule has 0 aliphatic rings. The third-order valence-electron chi connectivity index (χ3n) is 2.74. The number of hydrogen-bond acceptors (Lipinski definition) is 5. The van der Waals surface area contributed by atoms with Gasteiger partial charge >= 0.3 is 5.97 Å². The third kappa shape index (κ3) is 3.70. The Balaban J connectivity index is 2.29. The van der Waals surface area contributed by atoms with Gasteiger partial charge in [0.25, 0.3) is 11.5 Å². The van der Waals surface area contributed by atoms with Crippen LogP contribution in [0.2, 0.25) is 5.02 Å². The zero-order valence-corrected chi connectivity index (χ0v) is 12.3. The van der Waals surface area contributed by atoms with Gasteiger partial charge < -0.3 is 15.0 Å². The maximum Gasteiger partial charge on any atom is 0.325 e. The van der Waals surface area contributed by atoms with Crippen LogP contribution in [0.1, 0.15) is 10.5 Å². The van der Waals surface area contributed by atoms with E-state index in [1.807, 2.05) is 0 Å². The van der Waals surface area contributed by atoms with E-state index in [1.54, 1.807) is 24.3 Å². The monoisotopic (exact) mass is 321 g/mol. The van der Waals surface area contributed by atoms with Gasteiger partial charge in [-0.05, 0) is 12.1 Å². The predicted molar refractivity (Wildman–Crippen MR) is 79.7 cm³/mol. The largest absolute Gasteiger partial charge is 0.468 e. The summed E-state index contributed by atoms with van der Waals surface area (Å²) in [4.78, 5) is 41.1. The molecule has 1 aromatic carbocycles. The number of rotatable bonds is 4. The first kappa shape index (κ1) is 15.7. The molecule has 2 N–H and O–H groups in total. The summed E-state index contributed by atoms with van der Waals surface area (Å²) >= 11 is 5.90. The number of amides is 1. The van der Waals surface area contributed by atoms with Gasteiger partial charge in [0.05, 0.1) is 12.8 Å². The van der Waals surface area contributed by atoms with E-state index in [0.717, 1.165) is 0 Å². The van der Waals surface area contributed by atoms with Gasteiger partial charge in [0.2, 0.25) is 0 Å². The zero-order chi connectivity index (χ0) is 16.1. The lowest BCUT2D eigenvalue weighted by Crippen LogP contribution is -2.34. The summed E-state index contributed by atoms with van der Waals surface area (Å²) in [5.41, 5.74) is 0.0191. The van der Waals surface area contributed by atoms with Crippen molar-refractivity contribution in [1.29, 1.82) is 0 Å². The highest BCUT2D eigenvalue weighted by Gasteiger charge is 2.15. The van der Waals surface area contributed by atoms with Gasteiger partial charge in [0.15, 0.2) is 5.69 Å². The zero-order valence-electron chi connectivity index (χ0n) is 11.6. The SMILES string of the molecule is COC(=O)CNC(=O)c1nc(-c2cccc(Cl)c2)c[nH]c1=O. The number of benzene rings is 1. The van der Waals surface area contributed by atoms with E-state index in [9.17, 15) is 14.4 Å². The molecule has 22 heavy (non-hydrogen) atoms. The standard InChI is InChI=1S/C14H12ClN3O4/c1-22-11(19)7-17-14(21)12-13(20)16-6-10(18-12)8-3-2-4-9(15)5-8/h2-6H,7H2,1H3,(H,16,20)(H,17,21). The van der Waals surface area contributed by atoms with Crippen LogP contribution in [0.4, 0.5) is 0 Å². The number of ether oxygens (including phenoxy) is 1. The highest BCUT2D eigenvalue weighted by atomic mass is 35.5. The fraction of sp³-hybridized carbons (Fsp3) is 0.143. The number of nitrogens with zero attached hydrogens (tertiary/aromatic N) is 1. The summed E-state index contributed by atoms with van der Waals surface area (Å²) < 4.78 is 4.40. The van der Waals surface area contributed by atoms with Crippen molar-refractivity contribution >= 4 is 23.5 Å². The Labute approximate surface area is 130 Å². The number of esters is 1. The molecule has 114 valence electrons. The summed E-state index contributed by atoms with van der Waals surface area (Å²) in [7, 11) is 1.19. The molecule has 0 atom stereocenters. The molecule has 7 nitrogen and oxygen atoms in total. The molecule has 1 heterocycles. The smallest absolute Gasteiger partial charge is 0.325 e. The summed E-state index contributed by atoms with van der Waals surface area (Å²) in [6.07, 6.45) is 1.38. The summed E-state index contributed by atoms with van der Waals surface area (Å²) in [5.74, 6) is -1.40. The summed E-state index contributed by atoms with van der Waals surface area (Å²) in [5, 5.41) is 2.76. The predicted octanol–water partition coefficient (Wildman–Crippen LogP) is 0.993. The molecule has 0 unspecified atom stereocenters. The first-order valence-corrected chi connectivity index (χ1v) is 6.59. The van der Waals surface area contributed by atoms with Crippen LogP contribution in [0.5, 0.6) is 0 Å². The van der Waals surface area contributed by atoms with Gasteiger partial charge in [0, 0.05) is 16.8 Å². The molecule has 0 aliphatic heterocycles. The van der Waals surface area contributed by atoms with Crippen LogP contribution in [-0.2, 0) is 9.53 Å². The number of carbonyl (C=O) groups excluding carboxylic acids is 2. The second-order valence-electron chi connectivity index (χ2n) is 4.23. The Morgan fingerprint density at radius 2 is 2.18 bits per heavy atom. The molecule has 0 saturated heterocycles. The number of nitrogens with one attached hydrogen (secondary N) is 2. The van der Waals surface area contributed by atoms with Crippen molar-refractivity contribution in [3.05, 3.63) is 51.5 Å². The minimum absolute atomic E-state index is 0.346. The topological polar surface area (TPSA) is 101 Å². The summed E-state index contributed by atoms with van der Waals surface area (Å²) in [6, 6.07) is 6.81. The van der Waals surface area contributed by atoms with E-state index >= 15 is 0 Å². The molecule has 2 rings (SSSR count). The fourth-order valence-corrected chi connectivity index (χ4v) is 1.85. The van der Waals surface area contributed by atoms with Crippen LogP contribution >= 0.6 is 11.6 Å². The number of halogens is 1. The molecule has 0 saturated carbocycles. The minimum Gasteiger partial charge on any atom is -0.468 e. The number of hydrogen-bond donors (Lipinski definition) is 2. The van der Waals surface area contributed by atoms with Crippen LogP contribution in [0.25, 0.3) is 11.3 Å². The van der Waals surface area contributed by atoms with Crippen molar-refractivity contribution < 1.29 is 14.3 Å². The Hall–Kier alpha value is -2.67. The quantitative estimate of drug-likeness (QED) is 0.818. The maximum absolute atomic E-state index is 11.9. The highest BCUT2D eigenvalue weighted by Crippen LogP contribution is 2.19. The Morgan fingerprint density at radius 1 is 1.41 bits per heavy atom. The van der Waals surface area contributed by atoms with Crippen molar-refractivity contribution in [2.75, 3.05) is 13.7 Å². The second-order valence-corrected chi connectivity index (χ2v) is 4.67. The lowest BCUT2D eigenvalue weighted by Gasteiger charge is -2.05. The van der Waals surface area contributed by atoms with Gasteiger partial charge in [-0.15, -0.1) is 0 Å². The molecule has 0 fully saturated rings. The lowest BCUT2D eigenvalue weighted by atomic mass is 10.1. The van der Waals surface area contributed by atoms with Gasteiger partial charge in [0.1, 0.15) is 6.54 Å². The van der Waals surface area contributed by atoms with Gasteiger partial charge in [-0.1, -0.05) is 23.7 Å². The van der Waals surface area contributed by atoms with Gasteiger partial charge in [-0.3, -0.25) is 14.4 Å². The molecular formula is C14H12ClN3O4. The Morgan fingerprint density at radius 3 is 2.86 bits per heavy atom. The van der Waals surface area contributed by atoms with Crippen molar-refractivity contribution in [1.82, 2.24) is 15.3 Å². The van der Waals surface area contributed by atoms with Crippen molar-refractivity contribution in [3.8, 4) is 11.3 Å². The number of H-pyrrole nitrogens is 1. The van der Waals surface area contributed by atoms with Crippen molar-refractivity contribution in [2.45, 2.75) is 0 Å². The number of aromatic amines is 1. The molecular weight excluding hydrogens is 310 g/mol. The van der Waals surface area contributed by atoms with Crippen LogP contribution in [0, 0.1) is 0 Å². The number of aromatic nitrogens is 2. The minimum atomic E-state index is -0.768. The first-order valence-electron chi connectivity index (χ1n) is 6.22. The van der Waals surface area contributed by atoms with Crippen LogP contribution < -0.4 is 10.9 Å². The van der Waals surface area contributed by atoms with E-state index in [1.165, 1.54) is 13.3 Å². The van der Waals surface area contributed by atoms with E-state index in [2.05, 4.69) is 20.0 Å². The van der Waals surface area contributed by atoms with Crippen molar-refractivity contribution in [2.24, 2.45) is 0 Å². The summed E-state index contributed by atoms with van der Waals surface area (Å²) in [6.45, 7) is -0.349. The lowest BCUT2D eigenvalue weighted by molar-refractivity contribution is -0.139. The number of carbonyl (C=O) groups is 2. The van der Waals surface area contributed by atoms with E-state index in [-0.39, 0.29) is 12.2 Å². The molecule has 0 radical (unpaired) electrons. The molecule has 0 aliphatic carbocycles. The fourth-order valence-electron chi connectivity index (χ4n) is 1.66. The molecule has 1 aromatic heterocycles. The molecule has 1 amide bonds. The molecule has 0 spiro atoms. The third-order valence-corrected chi connectivity index (χ3v) is 2.98. The highest BCUT2D eigenvalue weighted by molar-refractivity contribution is 6.30. The Kier molecular flexibility index (Phi) is 4.90. The van der Waals surface area contributed by atoms with E-state index in [0.29, 0.717) is 16.3 Å². The maximum atomic E-state index is 11.9. The molecule has 2 aromatic rings. The van der Waals surface area contributed by atoms with Gasteiger partial charge in [-0.2, -0.15) is 0 Å². The second kappa shape index (κ2) is 6.86. The van der Waals surface area contributed by atoms with E-state index < -0.39 is 17.4 Å². The van der Waals surface area contributed by atoms with Crippen LogP contribution in [0.15, 0.2) is 35.3 Å².